The van der Waals surface area contributed by atoms with E-state index in [2.05, 4.69) is 10.3 Å². The van der Waals surface area contributed by atoms with Crippen molar-refractivity contribution in [3.05, 3.63) is 65.7 Å². The number of aliphatic carboxylic acids is 1. The number of carboxylic acid groups (broad SMARTS) is 1. The van der Waals surface area contributed by atoms with Gasteiger partial charge in [-0.1, -0.05) is 60.7 Å². The minimum Gasteiger partial charge on any atom is -0.481 e. The Hall–Kier alpha value is -2.53. The van der Waals surface area contributed by atoms with Gasteiger partial charge in [0, 0.05) is 16.8 Å². The molecule has 1 aliphatic rings. The first-order valence-corrected chi connectivity index (χ1v) is 7.31. The highest BCUT2D eigenvalue weighted by atomic mass is 32.1. The lowest BCUT2D eigenvalue weighted by Gasteiger charge is -2.11. The number of para-hydroxylation sites is 1. The summed E-state index contributed by atoms with van der Waals surface area (Å²) in [5, 5.41) is 12.2. The molecule has 1 aliphatic heterocycles. The molecule has 0 amide bonds. The summed E-state index contributed by atoms with van der Waals surface area (Å²) in [4.78, 5) is 16.2. The van der Waals surface area contributed by atoms with Crippen molar-refractivity contribution in [3.63, 3.8) is 0 Å². The fourth-order valence-corrected chi connectivity index (χ4v) is 2.67. The minimum absolute atomic E-state index is 0.129. The number of anilines is 1. The molecular weight excluding hydrogens is 296 g/mol. The molecule has 3 rings (SSSR count). The van der Waals surface area contributed by atoms with Gasteiger partial charge in [-0.25, -0.2) is 0 Å². The number of fused-ring (bicyclic) bond motifs is 1. The molecule has 4 nitrogen and oxygen atoms in total. The van der Waals surface area contributed by atoms with Crippen molar-refractivity contribution in [2.24, 2.45) is 4.99 Å². The van der Waals surface area contributed by atoms with Crippen molar-refractivity contribution >= 4 is 34.6 Å². The SMILES string of the molecule is O=C(O)CC1N=C(c2ccccc2)c2ccccc2NC1=S. The smallest absolute Gasteiger partial charge is 0.305 e. The van der Waals surface area contributed by atoms with E-state index in [9.17, 15) is 4.79 Å². The molecular formula is C17H14N2O2S. The summed E-state index contributed by atoms with van der Waals surface area (Å²) >= 11 is 5.33. The van der Waals surface area contributed by atoms with Crippen LogP contribution in [0.15, 0.2) is 59.6 Å². The van der Waals surface area contributed by atoms with Crippen LogP contribution in [-0.2, 0) is 4.79 Å². The number of benzene rings is 2. The number of nitrogens with one attached hydrogen (secondary N) is 1. The van der Waals surface area contributed by atoms with Gasteiger partial charge >= 0.3 is 5.97 Å². The van der Waals surface area contributed by atoms with Crippen LogP contribution in [0.1, 0.15) is 17.5 Å². The summed E-state index contributed by atoms with van der Waals surface area (Å²) in [7, 11) is 0. The Balaban J connectivity index is 2.15. The van der Waals surface area contributed by atoms with Gasteiger partial charge in [0.25, 0.3) is 0 Å². The Kier molecular flexibility index (Phi) is 3.98. The van der Waals surface area contributed by atoms with Gasteiger partial charge in [-0.3, -0.25) is 9.79 Å². The number of carboxylic acids is 1. The molecule has 2 aromatic rings. The zero-order valence-electron chi connectivity index (χ0n) is 11.7. The molecule has 2 aromatic carbocycles. The highest BCUT2D eigenvalue weighted by molar-refractivity contribution is 7.80. The largest absolute Gasteiger partial charge is 0.481 e. The first kappa shape index (κ1) is 14.4. The van der Waals surface area contributed by atoms with E-state index in [1.54, 1.807) is 0 Å². The van der Waals surface area contributed by atoms with E-state index in [1.807, 2.05) is 54.6 Å². The Morgan fingerprint density at radius 1 is 1.14 bits per heavy atom. The predicted molar refractivity (Wildman–Crippen MR) is 90.8 cm³/mol. The summed E-state index contributed by atoms with van der Waals surface area (Å²) in [5.41, 5.74) is 3.47. The van der Waals surface area contributed by atoms with Crippen LogP contribution in [0.5, 0.6) is 0 Å². The van der Waals surface area contributed by atoms with Crippen LogP contribution in [-0.4, -0.2) is 27.8 Å². The molecule has 5 heteroatoms. The van der Waals surface area contributed by atoms with Gasteiger partial charge in [0.05, 0.1) is 12.1 Å². The number of benzodiazepines with no additional fused rings is 1. The van der Waals surface area contributed by atoms with Crippen LogP contribution in [0.4, 0.5) is 5.69 Å². The first-order chi connectivity index (χ1) is 10.6. The normalized spacial score (nSPS) is 17.0. The monoisotopic (exact) mass is 310 g/mol. The van der Waals surface area contributed by atoms with Gasteiger partial charge in [-0.15, -0.1) is 0 Å². The van der Waals surface area contributed by atoms with E-state index in [0.717, 1.165) is 22.5 Å². The Morgan fingerprint density at radius 3 is 2.55 bits per heavy atom. The quantitative estimate of drug-likeness (QED) is 0.855. The Morgan fingerprint density at radius 2 is 1.82 bits per heavy atom. The van der Waals surface area contributed by atoms with Crippen LogP contribution < -0.4 is 5.32 Å². The number of thiocarbonyl (C=S) groups is 1. The highest BCUT2D eigenvalue weighted by Gasteiger charge is 2.24. The average molecular weight is 310 g/mol. The summed E-state index contributed by atoms with van der Waals surface area (Å²) in [6, 6.07) is 16.9. The molecule has 0 bridgehead atoms. The zero-order chi connectivity index (χ0) is 15.5. The van der Waals surface area contributed by atoms with E-state index in [4.69, 9.17) is 17.3 Å². The fraction of sp³-hybridized carbons (Fsp3) is 0.118. The van der Waals surface area contributed by atoms with Crippen molar-refractivity contribution in [1.29, 1.82) is 0 Å². The molecule has 0 aromatic heterocycles. The van der Waals surface area contributed by atoms with Crippen molar-refractivity contribution in [1.82, 2.24) is 0 Å². The summed E-state index contributed by atoms with van der Waals surface area (Å²) in [6.07, 6.45) is -0.129. The van der Waals surface area contributed by atoms with Gasteiger partial charge in [0.15, 0.2) is 0 Å². The molecule has 110 valence electrons. The third kappa shape index (κ3) is 2.89. The number of rotatable bonds is 3. The average Bonchev–Trinajstić information content (AvgIpc) is 2.65. The van der Waals surface area contributed by atoms with Gasteiger partial charge < -0.3 is 10.4 Å². The van der Waals surface area contributed by atoms with E-state index in [0.29, 0.717) is 4.99 Å². The maximum atomic E-state index is 11.1. The number of hydrogen-bond acceptors (Lipinski definition) is 3. The van der Waals surface area contributed by atoms with E-state index >= 15 is 0 Å². The Bertz CT molecular complexity index is 756. The summed E-state index contributed by atoms with van der Waals surface area (Å²) < 4.78 is 0. The second-order valence-electron chi connectivity index (χ2n) is 4.99. The van der Waals surface area contributed by atoms with Crippen molar-refractivity contribution in [2.45, 2.75) is 12.5 Å². The molecule has 2 N–H and O–H groups in total. The lowest BCUT2D eigenvalue weighted by Crippen LogP contribution is -2.26. The number of aliphatic imine (C=N–C) groups is 1. The summed E-state index contributed by atoms with van der Waals surface area (Å²) in [5.74, 6) is -0.920. The first-order valence-electron chi connectivity index (χ1n) is 6.90. The van der Waals surface area contributed by atoms with Crippen LogP contribution in [0, 0.1) is 0 Å². The predicted octanol–water partition coefficient (Wildman–Crippen LogP) is 3.12. The molecule has 1 heterocycles. The van der Waals surface area contributed by atoms with Crippen LogP contribution >= 0.6 is 12.2 Å². The molecule has 0 spiro atoms. The second-order valence-corrected chi connectivity index (χ2v) is 5.43. The zero-order valence-corrected chi connectivity index (χ0v) is 12.5. The van der Waals surface area contributed by atoms with Crippen LogP contribution in [0.3, 0.4) is 0 Å². The standard InChI is InChI=1S/C17H14N2O2S/c20-15(21)10-14-17(22)19-13-9-5-4-8-12(13)16(18-14)11-6-2-1-3-7-11/h1-9,14H,10H2,(H,19,22)(H,20,21). The van der Waals surface area contributed by atoms with Crippen LogP contribution in [0.25, 0.3) is 0 Å². The molecule has 1 atom stereocenters. The molecule has 0 fully saturated rings. The molecule has 22 heavy (non-hydrogen) atoms. The lowest BCUT2D eigenvalue weighted by atomic mass is 10.0. The highest BCUT2D eigenvalue weighted by Crippen LogP contribution is 2.25. The molecule has 1 unspecified atom stereocenters. The van der Waals surface area contributed by atoms with E-state index in [1.165, 1.54) is 0 Å². The van der Waals surface area contributed by atoms with Gasteiger partial charge in [-0.2, -0.15) is 0 Å². The van der Waals surface area contributed by atoms with Crippen molar-refractivity contribution in [2.75, 3.05) is 5.32 Å². The molecule has 0 saturated heterocycles. The van der Waals surface area contributed by atoms with Crippen LogP contribution in [0.2, 0.25) is 0 Å². The maximum absolute atomic E-state index is 11.1. The van der Waals surface area contributed by atoms with Gasteiger partial charge in [0.1, 0.15) is 11.0 Å². The minimum atomic E-state index is -0.920. The summed E-state index contributed by atoms with van der Waals surface area (Å²) in [6.45, 7) is 0. The third-order valence-electron chi connectivity index (χ3n) is 3.44. The molecule has 0 aliphatic carbocycles. The number of carbonyl (C=O) groups is 1. The Labute approximate surface area is 133 Å². The van der Waals surface area contributed by atoms with Gasteiger partial charge in [-0.05, 0) is 6.07 Å². The van der Waals surface area contributed by atoms with Crippen molar-refractivity contribution in [3.8, 4) is 0 Å². The lowest BCUT2D eigenvalue weighted by molar-refractivity contribution is -0.137. The maximum Gasteiger partial charge on any atom is 0.305 e. The fourth-order valence-electron chi connectivity index (χ4n) is 2.43. The molecule has 0 saturated carbocycles. The van der Waals surface area contributed by atoms with E-state index in [-0.39, 0.29) is 6.42 Å². The number of hydrogen-bond donors (Lipinski definition) is 2. The molecule has 0 radical (unpaired) electrons. The third-order valence-corrected chi connectivity index (χ3v) is 3.82. The topological polar surface area (TPSA) is 61.7 Å². The van der Waals surface area contributed by atoms with Crippen molar-refractivity contribution < 1.29 is 9.90 Å². The second kappa shape index (κ2) is 6.07. The van der Waals surface area contributed by atoms with Gasteiger partial charge in [0.2, 0.25) is 0 Å². The van der Waals surface area contributed by atoms with E-state index < -0.39 is 12.0 Å². The number of nitrogens with zero attached hydrogens (tertiary/aromatic N) is 1.